The van der Waals surface area contributed by atoms with Gasteiger partial charge in [-0.25, -0.2) is 0 Å². The van der Waals surface area contributed by atoms with Crippen LogP contribution in [0, 0.1) is 5.92 Å². The van der Waals surface area contributed by atoms with Crippen LogP contribution in [0.4, 0.5) is 0 Å². The summed E-state index contributed by atoms with van der Waals surface area (Å²) in [5.41, 5.74) is 1.04. The molecule has 0 spiro atoms. The number of amides is 1. The van der Waals surface area contributed by atoms with Gasteiger partial charge in [0.1, 0.15) is 0 Å². The fourth-order valence-corrected chi connectivity index (χ4v) is 2.10. The first kappa shape index (κ1) is 14.2. The van der Waals surface area contributed by atoms with E-state index in [0.29, 0.717) is 19.1 Å². The van der Waals surface area contributed by atoms with E-state index in [4.69, 9.17) is 0 Å². The fourth-order valence-electron chi connectivity index (χ4n) is 2.10. The van der Waals surface area contributed by atoms with Crippen LogP contribution in [-0.2, 0) is 4.79 Å². The topological polar surface area (TPSA) is 23.6 Å². The van der Waals surface area contributed by atoms with E-state index in [2.05, 4.69) is 25.5 Å². The molecule has 0 radical (unpaired) electrons. The molecule has 0 saturated heterocycles. The second-order valence-electron chi connectivity index (χ2n) is 5.36. The van der Waals surface area contributed by atoms with Gasteiger partial charge in [-0.1, -0.05) is 12.2 Å². The summed E-state index contributed by atoms with van der Waals surface area (Å²) < 4.78 is 0. The summed E-state index contributed by atoms with van der Waals surface area (Å²) in [5, 5.41) is 0. The molecule has 0 heterocycles. The van der Waals surface area contributed by atoms with E-state index in [0.717, 1.165) is 18.0 Å². The van der Waals surface area contributed by atoms with Gasteiger partial charge >= 0.3 is 0 Å². The Balaban J connectivity index is 2.42. The molecule has 0 aromatic heterocycles. The minimum Gasteiger partial charge on any atom is -0.338 e. The minimum atomic E-state index is 0.213. The van der Waals surface area contributed by atoms with Crippen molar-refractivity contribution in [3.63, 3.8) is 0 Å². The van der Waals surface area contributed by atoms with Crippen molar-refractivity contribution in [2.75, 3.05) is 26.7 Å². The summed E-state index contributed by atoms with van der Waals surface area (Å²) in [4.78, 5) is 16.2. The van der Waals surface area contributed by atoms with Crippen LogP contribution in [0.1, 0.15) is 33.6 Å². The van der Waals surface area contributed by atoms with Crippen LogP contribution in [0.5, 0.6) is 0 Å². The standard InChI is InChI=1S/C14H26N2O/c1-6-16(9-11(2)3)14(17)10-15(5)12(4)13-7-8-13/h12-13H,2,6-10H2,1,3-5H3. The lowest BCUT2D eigenvalue weighted by Crippen LogP contribution is -2.43. The lowest BCUT2D eigenvalue weighted by Gasteiger charge is -2.28. The highest BCUT2D eigenvalue weighted by molar-refractivity contribution is 5.78. The summed E-state index contributed by atoms with van der Waals surface area (Å²) >= 11 is 0. The van der Waals surface area contributed by atoms with Crippen LogP contribution < -0.4 is 0 Å². The molecule has 1 rings (SSSR count). The van der Waals surface area contributed by atoms with Crippen LogP contribution in [0.25, 0.3) is 0 Å². The quantitative estimate of drug-likeness (QED) is 0.634. The minimum absolute atomic E-state index is 0.213. The van der Waals surface area contributed by atoms with Crippen molar-refractivity contribution >= 4 is 5.91 Å². The number of hydrogen-bond acceptors (Lipinski definition) is 2. The zero-order valence-electron chi connectivity index (χ0n) is 11.7. The van der Waals surface area contributed by atoms with Crippen molar-refractivity contribution < 1.29 is 4.79 Å². The molecular weight excluding hydrogens is 212 g/mol. The van der Waals surface area contributed by atoms with E-state index >= 15 is 0 Å². The molecule has 1 unspecified atom stereocenters. The predicted octanol–water partition coefficient (Wildman–Crippen LogP) is 2.14. The molecule has 0 N–H and O–H groups in total. The Hall–Kier alpha value is -0.830. The third kappa shape index (κ3) is 4.50. The van der Waals surface area contributed by atoms with Crippen molar-refractivity contribution in [3.8, 4) is 0 Å². The first-order valence-electron chi connectivity index (χ1n) is 6.58. The molecule has 1 atom stereocenters. The molecule has 1 aliphatic carbocycles. The third-order valence-electron chi connectivity index (χ3n) is 3.58. The number of carbonyl (C=O) groups excluding carboxylic acids is 1. The highest BCUT2D eigenvalue weighted by Crippen LogP contribution is 2.34. The molecule has 1 amide bonds. The van der Waals surface area contributed by atoms with Crippen LogP contribution >= 0.6 is 0 Å². The molecule has 98 valence electrons. The molecule has 17 heavy (non-hydrogen) atoms. The van der Waals surface area contributed by atoms with Gasteiger partial charge in [-0.2, -0.15) is 0 Å². The van der Waals surface area contributed by atoms with Gasteiger partial charge in [0.15, 0.2) is 0 Å². The van der Waals surface area contributed by atoms with Crippen molar-refractivity contribution in [2.45, 2.75) is 39.7 Å². The zero-order valence-corrected chi connectivity index (χ0v) is 11.7. The Bertz CT molecular complexity index is 284. The first-order valence-corrected chi connectivity index (χ1v) is 6.58. The first-order chi connectivity index (χ1) is 7.95. The van der Waals surface area contributed by atoms with Gasteiger partial charge in [-0.15, -0.1) is 0 Å². The number of carbonyl (C=O) groups is 1. The van der Waals surface area contributed by atoms with Gasteiger partial charge < -0.3 is 4.90 Å². The fraction of sp³-hybridized carbons (Fsp3) is 0.786. The van der Waals surface area contributed by atoms with Gasteiger partial charge in [0.05, 0.1) is 6.54 Å². The summed E-state index contributed by atoms with van der Waals surface area (Å²) in [7, 11) is 2.05. The third-order valence-corrected chi connectivity index (χ3v) is 3.58. The van der Waals surface area contributed by atoms with Gasteiger partial charge in [0.25, 0.3) is 0 Å². The Morgan fingerprint density at radius 1 is 1.41 bits per heavy atom. The van der Waals surface area contributed by atoms with Crippen LogP contribution in [0.2, 0.25) is 0 Å². The monoisotopic (exact) mass is 238 g/mol. The summed E-state index contributed by atoms with van der Waals surface area (Å²) in [5.74, 6) is 1.02. The van der Waals surface area contributed by atoms with Crippen LogP contribution in [0.3, 0.4) is 0 Å². The molecule has 3 heteroatoms. The molecule has 0 aromatic rings. The molecule has 0 aliphatic heterocycles. The maximum Gasteiger partial charge on any atom is 0.237 e. The van der Waals surface area contributed by atoms with Crippen LogP contribution in [-0.4, -0.2) is 48.4 Å². The normalized spacial score (nSPS) is 17.0. The summed E-state index contributed by atoms with van der Waals surface area (Å²) in [6, 6.07) is 0.530. The molecule has 1 aliphatic rings. The second kappa shape index (κ2) is 6.20. The summed E-state index contributed by atoms with van der Waals surface area (Å²) in [6.45, 7) is 12.0. The Kier molecular flexibility index (Phi) is 5.19. The SMILES string of the molecule is C=C(C)CN(CC)C(=O)CN(C)C(C)C1CC1. The predicted molar refractivity (Wildman–Crippen MR) is 71.9 cm³/mol. The number of nitrogens with zero attached hydrogens (tertiary/aromatic N) is 2. The smallest absolute Gasteiger partial charge is 0.237 e. The lowest BCUT2D eigenvalue weighted by atomic mass is 10.2. The van der Waals surface area contributed by atoms with E-state index < -0.39 is 0 Å². The largest absolute Gasteiger partial charge is 0.338 e. The molecular formula is C14H26N2O. The highest BCUT2D eigenvalue weighted by atomic mass is 16.2. The number of rotatable bonds is 7. The van der Waals surface area contributed by atoms with Crippen molar-refractivity contribution in [2.24, 2.45) is 5.92 Å². The maximum atomic E-state index is 12.1. The lowest BCUT2D eigenvalue weighted by molar-refractivity contribution is -0.132. The van der Waals surface area contributed by atoms with Gasteiger partial charge in [-0.3, -0.25) is 9.69 Å². The zero-order chi connectivity index (χ0) is 13.0. The Morgan fingerprint density at radius 2 is 2.00 bits per heavy atom. The molecule has 0 aromatic carbocycles. The maximum absolute atomic E-state index is 12.1. The highest BCUT2D eigenvalue weighted by Gasteiger charge is 2.31. The Labute approximate surface area is 105 Å². The van der Waals surface area contributed by atoms with Gasteiger partial charge in [0, 0.05) is 19.1 Å². The van der Waals surface area contributed by atoms with Gasteiger partial charge in [0.2, 0.25) is 5.91 Å². The van der Waals surface area contributed by atoms with E-state index in [1.165, 1.54) is 12.8 Å². The molecule has 1 fully saturated rings. The second-order valence-corrected chi connectivity index (χ2v) is 5.36. The van der Waals surface area contributed by atoms with E-state index in [-0.39, 0.29) is 5.91 Å². The summed E-state index contributed by atoms with van der Waals surface area (Å²) in [6.07, 6.45) is 2.64. The average Bonchev–Trinajstić information content (AvgIpc) is 3.07. The molecule has 0 bridgehead atoms. The number of likely N-dealkylation sites (N-methyl/N-ethyl adjacent to an activating group) is 2. The molecule has 1 saturated carbocycles. The average molecular weight is 238 g/mol. The van der Waals surface area contributed by atoms with Crippen LogP contribution in [0.15, 0.2) is 12.2 Å². The number of hydrogen-bond donors (Lipinski definition) is 0. The van der Waals surface area contributed by atoms with Crippen molar-refractivity contribution in [3.05, 3.63) is 12.2 Å². The van der Waals surface area contributed by atoms with E-state index in [1.54, 1.807) is 0 Å². The van der Waals surface area contributed by atoms with Gasteiger partial charge in [-0.05, 0) is 46.6 Å². The molecule has 3 nitrogen and oxygen atoms in total. The Morgan fingerprint density at radius 3 is 2.41 bits per heavy atom. The van der Waals surface area contributed by atoms with Crippen molar-refractivity contribution in [1.29, 1.82) is 0 Å². The van der Waals surface area contributed by atoms with Crippen molar-refractivity contribution in [1.82, 2.24) is 9.80 Å². The van der Waals surface area contributed by atoms with E-state index in [9.17, 15) is 4.79 Å². The van der Waals surface area contributed by atoms with E-state index in [1.807, 2.05) is 18.7 Å².